The van der Waals surface area contributed by atoms with Crippen molar-refractivity contribution in [3.63, 3.8) is 0 Å². The number of carbonyl (C=O) groups excluding carboxylic acids is 2. The topological polar surface area (TPSA) is 66.4 Å². The molecule has 0 aliphatic carbocycles. The summed E-state index contributed by atoms with van der Waals surface area (Å²) in [6.07, 6.45) is 2.90. The van der Waals surface area contributed by atoms with Gasteiger partial charge in [-0.1, -0.05) is 34.6 Å². The van der Waals surface area contributed by atoms with Crippen LogP contribution in [0.1, 0.15) is 47.5 Å². The molecule has 118 valence electrons. The Morgan fingerprint density at radius 2 is 1.75 bits per heavy atom. The molecule has 0 saturated carbocycles. The van der Waals surface area contributed by atoms with Gasteiger partial charge in [-0.15, -0.1) is 0 Å². The Morgan fingerprint density at radius 1 is 1.20 bits per heavy atom. The summed E-state index contributed by atoms with van der Waals surface area (Å²) in [4.78, 5) is 24.4. The van der Waals surface area contributed by atoms with Crippen LogP contribution in [0.3, 0.4) is 0 Å². The van der Waals surface area contributed by atoms with Crippen LogP contribution in [-0.4, -0.2) is 41.5 Å². The van der Waals surface area contributed by atoms with Gasteiger partial charge in [0.05, 0.1) is 11.9 Å². The molecule has 1 amide bonds. The van der Waals surface area contributed by atoms with E-state index in [0.717, 1.165) is 0 Å². The fourth-order valence-corrected chi connectivity index (χ4v) is 2.76. The molecular formula is C15H29NO3S. The maximum Gasteiger partial charge on any atom is 0.233 e. The van der Waals surface area contributed by atoms with Crippen molar-refractivity contribution >= 4 is 23.5 Å². The van der Waals surface area contributed by atoms with Gasteiger partial charge in [-0.25, -0.2) is 0 Å². The van der Waals surface area contributed by atoms with Crippen molar-refractivity contribution in [2.75, 3.05) is 19.4 Å². The Labute approximate surface area is 127 Å². The van der Waals surface area contributed by atoms with Crippen LogP contribution in [-0.2, 0) is 9.59 Å². The first-order chi connectivity index (χ1) is 9.03. The molecule has 0 aromatic carbocycles. The molecule has 0 radical (unpaired) electrons. The first-order valence-corrected chi connectivity index (χ1v) is 8.27. The second-order valence-electron chi connectivity index (χ2n) is 6.99. The monoisotopic (exact) mass is 303 g/mol. The molecular weight excluding hydrogens is 274 g/mol. The van der Waals surface area contributed by atoms with E-state index in [1.165, 1.54) is 11.8 Å². The van der Waals surface area contributed by atoms with Gasteiger partial charge in [0.2, 0.25) is 5.91 Å². The number of hydrogen-bond donors (Lipinski definition) is 2. The summed E-state index contributed by atoms with van der Waals surface area (Å²) >= 11 is 1.44. The van der Waals surface area contributed by atoms with Crippen LogP contribution in [0.25, 0.3) is 0 Å². The Balaban J connectivity index is 4.69. The number of ketones is 1. The third kappa shape index (κ3) is 7.29. The number of hydrogen-bond acceptors (Lipinski definition) is 4. The summed E-state index contributed by atoms with van der Waals surface area (Å²) in [5.74, 6) is 0.0854. The van der Waals surface area contributed by atoms with E-state index in [0.29, 0.717) is 12.8 Å². The molecule has 0 aliphatic heterocycles. The zero-order chi connectivity index (χ0) is 16.0. The standard InChI is InChI=1S/C15H29NO3S/c1-14(2,3)10-12(18)15(4,5)9-11(20-6)13(19)16-7-8-17/h11,17H,7-10H2,1-6H3,(H,16,19). The second kappa shape index (κ2) is 8.03. The molecule has 0 aromatic heterocycles. The van der Waals surface area contributed by atoms with E-state index in [1.54, 1.807) is 0 Å². The normalized spacial score (nSPS) is 13.9. The van der Waals surface area contributed by atoms with E-state index >= 15 is 0 Å². The lowest BCUT2D eigenvalue weighted by molar-refractivity contribution is -0.129. The number of carbonyl (C=O) groups is 2. The highest BCUT2D eigenvalue weighted by Crippen LogP contribution is 2.33. The Bertz CT molecular complexity index is 335. The lowest BCUT2D eigenvalue weighted by Crippen LogP contribution is -2.39. The summed E-state index contributed by atoms with van der Waals surface area (Å²) in [7, 11) is 0. The molecule has 0 aromatic rings. The fraction of sp³-hybridized carbons (Fsp3) is 0.867. The number of thioether (sulfide) groups is 1. The van der Waals surface area contributed by atoms with Crippen molar-refractivity contribution < 1.29 is 14.7 Å². The van der Waals surface area contributed by atoms with Crippen molar-refractivity contribution in [3.05, 3.63) is 0 Å². The van der Waals surface area contributed by atoms with E-state index in [-0.39, 0.29) is 35.5 Å². The summed E-state index contributed by atoms with van der Waals surface area (Å²) < 4.78 is 0. The molecule has 20 heavy (non-hydrogen) atoms. The molecule has 0 heterocycles. The zero-order valence-corrected chi connectivity index (χ0v) is 14.4. The van der Waals surface area contributed by atoms with E-state index in [2.05, 4.69) is 5.32 Å². The van der Waals surface area contributed by atoms with E-state index in [4.69, 9.17) is 5.11 Å². The smallest absolute Gasteiger partial charge is 0.233 e. The molecule has 1 unspecified atom stereocenters. The minimum Gasteiger partial charge on any atom is -0.395 e. The third-order valence-electron chi connectivity index (χ3n) is 3.13. The van der Waals surface area contributed by atoms with Crippen LogP contribution in [0, 0.1) is 10.8 Å². The van der Waals surface area contributed by atoms with Crippen molar-refractivity contribution in [1.29, 1.82) is 0 Å². The van der Waals surface area contributed by atoms with Gasteiger partial charge in [0.1, 0.15) is 5.78 Å². The lowest BCUT2D eigenvalue weighted by atomic mass is 9.76. The predicted octanol–water partition coefficient (Wildman–Crippen LogP) is 2.25. The van der Waals surface area contributed by atoms with Gasteiger partial charge < -0.3 is 10.4 Å². The van der Waals surface area contributed by atoms with Gasteiger partial charge in [0, 0.05) is 18.4 Å². The second-order valence-corrected chi connectivity index (χ2v) is 8.03. The summed E-state index contributed by atoms with van der Waals surface area (Å²) in [6, 6.07) is 0. The van der Waals surface area contributed by atoms with Gasteiger partial charge in [0.25, 0.3) is 0 Å². The van der Waals surface area contributed by atoms with Crippen LogP contribution in [0.15, 0.2) is 0 Å². The van der Waals surface area contributed by atoms with Gasteiger partial charge in [0.15, 0.2) is 0 Å². The zero-order valence-electron chi connectivity index (χ0n) is 13.6. The van der Waals surface area contributed by atoms with Crippen LogP contribution < -0.4 is 5.32 Å². The maximum absolute atomic E-state index is 12.4. The van der Waals surface area contributed by atoms with Gasteiger partial charge in [-0.05, 0) is 18.1 Å². The largest absolute Gasteiger partial charge is 0.395 e. The van der Waals surface area contributed by atoms with Gasteiger partial charge in [-0.3, -0.25) is 9.59 Å². The number of aliphatic hydroxyl groups excluding tert-OH is 1. The number of aliphatic hydroxyl groups is 1. The molecule has 4 nitrogen and oxygen atoms in total. The maximum atomic E-state index is 12.4. The first kappa shape index (κ1) is 19.4. The van der Waals surface area contributed by atoms with Crippen LogP contribution >= 0.6 is 11.8 Å². The minimum absolute atomic E-state index is 0.0393. The Kier molecular flexibility index (Phi) is 7.81. The van der Waals surface area contributed by atoms with Crippen LogP contribution in [0.5, 0.6) is 0 Å². The molecule has 0 bridgehead atoms. The quantitative estimate of drug-likeness (QED) is 0.722. The Morgan fingerprint density at radius 3 is 2.15 bits per heavy atom. The van der Waals surface area contributed by atoms with Crippen molar-refractivity contribution in [2.45, 2.75) is 52.7 Å². The molecule has 0 saturated heterocycles. The summed E-state index contributed by atoms with van der Waals surface area (Å²) in [5.41, 5.74) is -0.556. The third-order valence-corrected chi connectivity index (χ3v) is 4.08. The van der Waals surface area contributed by atoms with Crippen molar-refractivity contribution in [2.24, 2.45) is 10.8 Å². The highest BCUT2D eigenvalue weighted by Gasteiger charge is 2.34. The SMILES string of the molecule is CSC(CC(C)(C)C(=O)CC(C)(C)C)C(=O)NCCO. The van der Waals surface area contributed by atoms with Crippen LogP contribution in [0.4, 0.5) is 0 Å². The number of nitrogens with one attached hydrogen (secondary N) is 1. The van der Waals surface area contributed by atoms with Gasteiger partial charge in [-0.2, -0.15) is 11.8 Å². The van der Waals surface area contributed by atoms with Gasteiger partial charge >= 0.3 is 0 Å². The van der Waals surface area contributed by atoms with E-state index in [1.807, 2.05) is 40.9 Å². The molecule has 0 aliphatic rings. The number of Topliss-reactive ketones (excluding diaryl/α,β-unsaturated/α-hetero) is 1. The number of rotatable bonds is 8. The first-order valence-electron chi connectivity index (χ1n) is 6.98. The fourth-order valence-electron chi connectivity index (χ4n) is 1.87. The molecule has 5 heteroatoms. The molecule has 0 fully saturated rings. The molecule has 1 atom stereocenters. The highest BCUT2D eigenvalue weighted by atomic mass is 32.2. The molecule has 2 N–H and O–H groups in total. The highest BCUT2D eigenvalue weighted by molar-refractivity contribution is 7.99. The molecule has 0 spiro atoms. The average Bonchev–Trinajstić information content (AvgIpc) is 2.30. The van der Waals surface area contributed by atoms with Crippen molar-refractivity contribution in [3.8, 4) is 0 Å². The average molecular weight is 303 g/mol. The summed E-state index contributed by atoms with van der Waals surface area (Å²) in [6.45, 7) is 10.1. The predicted molar refractivity (Wildman–Crippen MR) is 84.9 cm³/mol. The van der Waals surface area contributed by atoms with Crippen molar-refractivity contribution in [1.82, 2.24) is 5.32 Å². The minimum atomic E-state index is -0.516. The number of amides is 1. The lowest BCUT2D eigenvalue weighted by Gasteiger charge is -2.30. The molecule has 0 rings (SSSR count). The van der Waals surface area contributed by atoms with E-state index in [9.17, 15) is 9.59 Å². The Hall–Kier alpha value is -0.550. The van der Waals surface area contributed by atoms with E-state index < -0.39 is 5.41 Å². The summed E-state index contributed by atoms with van der Waals surface area (Å²) in [5, 5.41) is 11.2. The van der Waals surface area contributed by atoms with Crippen LogP contribution in [0.2, 0.25) is 0 Å².